The van der Waals surface area contributed by atoms with Gasteiger partial charge in [-0.3, -0.25) is 0 Å². The molecule has 3 aromatic rings. The van der Waals surface area contributed by atoms with E-state index in [0.29, 0.717) is 49.0 Å². The number of ether oxygens (including phenoxy) is 1. The fraction of sp³-hybridized carbons (Fsp3) is 0.400. The molecule has 0 atom stereocenters. The van der Waals surface area contributed by atoms with Crippen molar-refractivity contribution >= 4 is 21.0 Å². The molecule has 1 aliphatic heterocycles. The third-order valence-electron chi connectivity index (χ3n) is 6.80. The summed E-state index contributed by atoms with van der Waals surface area (Å²) in [7, 11) is -2.00. The number of methoxy groups -OCH3 is 1. The molecule has 2 heterocycles. The number of benzene rings is 2. The van der Waals surface area contributed by atoms with Gasteiger partial charge in [0.2, 0.25) is 10.0 Å². The van der Waals surface area contributed by atoms with Crippen LogP contribution in [0, 0.1) is 27.7 Å². The molecule has 0 amide bonds. The van der Waals surface area contributed by atoms with Gasteiger partial charge in [-0.25, -0.2) is 13.2 Å². The summed E-state index contributed by atoms with van der Waals surface area (Å²) in [6, 6.07) is 9.04. The fourth-order valence-corrected chi connectivity index (χ4v) is 6.69. The number of quaternary nitrogens is 1. The number of hydrogen-bond donors (Lipinski definition) is 1. The first-order valence-corrected chi connectivity index (χ1v) is 12.6. The molecule has 1 saturated heterocycles. The van der Waals surface area contributed by atoms with E-state index in [0.717, 1.165) is 33.2 Å². The molecule has 0 unspecified atom stereocenters. The maximum atomic E-state index is 13.5. The second-order valence-corrected chi connectivity index (χ2v) is 10.7. The molecule has 1 aromatic heterocycles. The van der Waals surface area contributed by atoms with Gasteiger partial charge in [0.25, 0.3) is 0 Å². The van der Waals surface area contributed by atoms with Crippen LogP contribution >= 0.6 is 0 Å². The largest absolute Gasteiger partial charge is 0.497 e. The van der Waals surface area contributed by atoms with Gasteiger partial charge in [-0.2, -0.15) is 4.31 Å². The summed E-state index contributed by atoms with van der Waals surface area (Å²) in [5.74, 6) is 0.631. The van der Waals surface area contributed by atoms with Crippen molar-refractivity contribution in [2.45, 2.75) is 39.1 Å². The molecule has 0 saturated carbocycles. The van der Waals surface area contributed by atoms with Crippen LogP contribution in [0.1, 0.15) is 27.8 Å². The van der Waals surface area contributed by atoms with Crippen LogP contribution in [-0.2, 0) is 16.6 Å². The van der Waals surface area contributed by atoms with E-state index in [1.165, 1.54) is 11.0 Å². The van der Waals surface area contributed by atoms with Crippen LogP contribution in [0.5, 0.6) is 5.75 Å². The van der Waals surface area contributed by atoms with Gasteiger partial charge in [-0.05, 0) is 62.1 Å². The van der Waals surface area contributed by atoms with E-state index in [1.54, 1.807) is 17.5 Å². The molecule has 0 aliphatic carbocycles. The molecule has 4 rings (SSSR count). The summed E-state index contributed by atoms with van der Waals surface area (Å²) in [5.41, 5.74) is 4.64. The number of sulfonamides is 1. The van der Waals surface area contributed by atoms with Crippen LogP contribution < -0.4 is 15.3 Å². The zero-order valence-corrected chi connectivity index (χ0v) is 20.6. The number of nitrogens with one attached hydrogen (secondary N) is 1. The van der Waals surface area contributed by atoms with Crippen molar-refractivity contribution in [2.24, 2.45) is 0 Å². The zero-order valence-electron chi connectivity index (χ0n) is 19.8. The van der Waals surface area contributed by atoms with Gasteiger partial charge < -0.3 is 14.1 Å². The SMILES string of the molecule is COc1ccc2c(C[NH+]3CCN(S(=O)(=O)c4c(C)c(C)cc(C)c4C)CC3)cc(=O)oc2c1. The molecule has 0 spiro atoms. The lowest BCUT2D eigenvalue weighted by Gasteiger charge is -2.32. The first-order chi connectivity index (χ1) is 15.6. The number of rotatable bonds is 5. The quantitative estimate of drug-likeness (QED) is 0.577. The highest BCUT2D eigenvalue weighted by atomic mass is 32.2. The predicted octanol–water partition coefficient (Wildman–Crippen LogP) is 2.12. The number of aryl methyl sites for hydroxylation is 2. The fourth-order valence-electron chi connectivity index (χ4n) is 4.67. The Morgan fingerprint density at radius 3 is 2.24 bits per heavy atom. The third-order valence-corrected chi connectivity index (χ3v) is 8.98. The summed E-state index contributed by atoms with van der Waals surface area (Å²) < 4.78 is 39.3. The molecular formula is C25H31N2O5S+. The molecule has 33 heavy (non-hydrogen) atoms. The summed E-state index contributed by atoms with van der Waals surface area (Å²) in [5, 5.41) is 0.874. The normalized spacial score (nSPS) is 15.8. The second kappa shape index (κ2) is 8.93. The Labute approximate surface area is 194 Å². The second-order valence-electron chi connectivity index (χ2n) is 8.87. The van der Waals surface area contributed by atoms with Gasteiger partial charge in [0, 0.05) is 23.1 Å². The van der Waals surface area contributed by atoms with Gasteiger partial charge in [0.05, 0.1) is 38.2 Å². The Bertz CT molecular complexity index is 1340. The molecule has 2 aromatic carbocycles. The minimum Gasteiger partial charge on any atom is -0.497 e. The number of nitrogens with zero attached hydrogens (tertiary/aromatic N) is 1. The summed E-state index contributed by atoms with van der Waals surface area (Å²) >= 11 is 0. The van der Waals surface area contributed by atoms with Crippen molar-refractivity contribution < 1.29 is 22.5 Å². The van der Waals surface area contributed by atoms with Gasteiger partial charge in [-0.15, -0.1) is 0 Å². The maximum absolute atomic E-state index is 13.5. The van der Waals surface area contributed by atoms with Gasteiger partial charge >= 0.3 is 5.63 Å². The smallest absolute Gasteiger partial charge is 0.336 e. The lowest BCUT2D eigenvalue weighted by atomic mass is 10.0. The topological polar surface area (TPSA) is 81.3 Å². The molecule has 1 aliphatic rings. The van der Waals surface area contributed by atoms with Crippen LogP contribution in [0.2, 0.25) is 0 Å². The molecule has 1 N–H and O–H groups in total. The minimum atomic E-state index is -3.57. The van der Waals surface area contributed by atoms with Gasteiger partial charge in [0.15, 0.2) is 0 Å². The van der Waals surface area contributed by atoms with Gasteiger partial charge in [0.1, 0.15) is 17.9 Å². The summed E-state index contributed by atoms with van der Waals surface area (Å²) in [6.45, 7) is 10.5. The molecular weight excluding hydrogens is 440 g/mol. The van der Waals surface area contributed by atoms with E-state index in [9.17, 15) is 13.2 Å². The Morgan fingerprint density at radius 2 is 1.64 bits per heavy atom. The molecule has 7 nitrogen and oxygen atoms in total. The average molecular weight is 472 g/mol. The summed E-state index contributed by atoms with van der Waals surface area (Å²) in [6.07, 6.45) is 0. The number of piperazine rings is 1. The number of fused-ring (bicyclic) bond motifs is 1. The summed E-state index contributed by atoms with van der Waals surface area (Å²) in [4.78, 5) is 13.8. The van der Waals surface area contributed by atoms with E-state index in [2.05, 4.69) is 0 Å². The minimum absolute atomic E-state index is 0.396. The van der Waals surface area contributed by atoms with Gasteiger partial charge in [-0.1, -0.05) is 6.07 Å². The van der Waals surface area contributed by atoms with Crippen LogP contribution in [0.4, 0.5) is 0 Å². The Morgan fingerprint density at radius 1 is 1.00 bits per heavy atom. The highest BCUT2D eigenvalue weighted by Crippen LogP contribution is 2.29. The lowest BCUT2D eigenvalue weighted by molar-refractivity contribution is -0.917. The van der Waals surface area contributed by atoms with Crippen molar-refractivity contribution in [2.75, 3.05) is 33.3 Å². The van der Waals surface area contributed by atoms with Crippen LogP contribution in [0.15, 0.2) is 44.4 Å². The van der Waals surface area contributed by atoms with Crippen molar-refractivity contribution in [3.63, 3.8) is 0 Å². The van der Waals surface area contributed by atoms with E-state index in [-0.39, 0.29) is 0 Å². The Kier molecular flexibility index (Phi) is 6.35. The van der Waals surface area contributed by atoms with Crippen LogP contribution in [0.25, 0.3) is 11.0 Å². The standard InChI is InChI=1S/C25H30N2O5S/c1-16-12-17(2)19(4)25(18(16)3)33(29,30)27-10-8-26(9-11-27)15-20-13-24(28)32-23-14-21(31-5)6-7-22(20)23/h6-7,12-14H,8-11,15H2,1-5H3/p+1. The van der Waals surface area contributed by atoms with Crippen LogP contribution in [-0.4, -0.2) is 46.0 Å². The zero-order chi connectivity index (χ0) is 23.9. The molecule has 1 fully saturated rings. The Hall–Kier alpha value is -2.68. The maximum Gasteiger partial charge on any atom is 0.336 e. The van der Waals surface area contributed by atoms with E-state index in [1.807, 2.05) is 45.9 Å². The van der Waals surface area contributed by atoms with Crippen molar-refractivity contribution in [1.29, 1.82) is 0 Å². The van der Waals surface area contributed by atoms with Crippen molar-refractivity contribution in [3.05, 3.63) is 68.6 Å². The van der Waals surface area contributed by atoms with E-state index in [4.69, 9.17) is 9.15 Å². The monoisotopic (exact) mass is 471 g/mol. The molecule has 0 radical (unpaired) electrons. The van der Waals surface area contributed by atoms with Crippen molar-refractivity contribution in [1.82, 2.24) is 4.31 Å². The van der Waals surface area contributed by atoms with E-state index >= 15 is 0 Å². The first-order valence-electron chi connectivity index (χ1n) is 11.1. The number of hydrogen-bond acceptors (Lipinski definition) is 5. The van der Waals surface area contributed by atoms with Crippen molar-refractivity contribution in [3.8, 4) is 5.75 Å². The third kappa shape index (κ3) is 4.43. The average Bonchev–Trinajstić information content (AvgIpc) is 2.77. The highest BCUT2D eigenvalue weighted by Gasteiger charge is 2.33. The molecule has 176 valence electrons. The lowest BCUT2D eigenvalue weighted by Crippen LogP contribution is -3.13. The first kappa shape index (κ1) is 23.5. The molecule has 0 bridgehead atoms. The van der Waals surface area contributed by atoms with Crippen LogP contribution in [0.3, 0.4) is 0 Å². The molecule has 8 heteroatoms. The highest BCUT2D eigenvalue weighted by molar-refractivity contribution is 7.89. The Balaban J connectivity index is 1.54. The predicted molar refractivity (Wildman–Crippen MR) is 128 cm³/mol. The van der Waals surface area contributed by atoms with E-state index < -0.39 is 15.6 Å².